The van der Waals surface area contributed by atoms with E-state index in [-0.39, 0.29) is 12.3 Å². The van der Waals surface area contributed by atoms with Gasteiger partial charge in [0, 0.05) is 43.1 Å². The predicted molar refractivity (Wildman–Crippen MR) is 111 cm³/mol. The minimum absolute atomic E-state index is 0.115. The van der Waals surface area contributed by atoms with E-state index in [2.05, 4.69) is 10.3 Å². The van der Waals surface area contributed by atoms with Gasteiger partial charge in [-0.15, -0.1) is 0 Å². The molecule has 0 aliphatic carbocycles. The molecule has 3 aromatic rings. The number of carbonyl (C=O) groups is 1. The first-order valence-corrected chi connectivity index (χ1v) is 8.84. The fraction of sp³-hybridized carbons (Fsp3) is 0.286. The third kappa shape index (κ3) is 3.69. The molecule has 1 aromatic heterocycles. The van der Waals surface area contributed by atoms with Crippen molar-refractivity contribution in [1.29, 1.82) is 0 Å². The summed E-state index contributed by atoms with van der Waals surface area (Å²) >= 11 is 0. The van der Waals surface area contributed by atoms with Crippen LogP contribution in [0.1, 0.15) is 5.56 Å². The van der Waals surface area contributed by atoms with E-state index in [4.69, 9.17) is 14.2 Å². The molecule has 0 aliphatic rings. The number of methoxy groups -OCH3 is 3. The number of aromatic amines is 1. The molecule has 7 nitrogen and oxygen atoms in total. The molecule has 0 spiro atoms. The first-order valence-electron chi connectivity index (χ1n) is 8.84. The molecule has 0 saturated carbocycles. The van der Waals surface area contributed by atoms with Crippen LogP contribution in [0.25, 0.3) is 10.9 Å². The first kappa shape index (κ1) is 19.4. The van der Waals surface area contributed by atoms with Gasteiger partial charge in [-0.3, -0.25) is 4.79 Å². The summed E-state index contributed by atoms with van der Waals surface area (Å²) in [6, 6.07) is 9.52. The summed E-state index contributed by atoms with van der Waals surface area (Å²) in [6.07, 6.45) is 2.00. The first-order chi connectivity index (χ1) is 13.5. The molecule has 1 heterocycles. The molecule has 148 valence electrons. The number of ether oxygens (including phenoxy) is 3. The van der Waals surface area contributed by atoms with Gasteiger partial charge in [0.1, 0.15) is 0 Å². The molecule has 0 radical (unpaired) electrons. The topological polar surface area (TPSA) is 75.8 Å². The molecule has 1 amide bonds. The van der Waals surface area contributed by atoms with E-state index >= 15 is 0 Å². The van der Waals surface area contributed by atoms with Gasteiger partial charge >= 0.3 is 0 Å². The quantitative estimate of drug-likeness (QED) is 0.654. The van der Waals surface area contributed by atoms with Gasteiger partial charge in [0.15, 0.2) is 11.5 Å². The lowest BCUT2D eigenvalue weighted by Crippen LogP contribution is -2.14. The average molecular weight is 383 g/mol. The van der Waals surface area contributed by atoms with Crippen molar-refractivity contribution in [3.63, 3.8) is 0 Å². The highest BCUT2D eigenvalue weighted by Crippen LogP contribution is 2.44. The number of amides is 1. The normalized spacial score (nSPS) is 10.6. The van der Waals surface area contributed by atoms with E-state index in [1.54, 1.807) is 27.5 Å². The van der Waals surface area contributed by atoms with E-state index < -0.39 is 0 Å². The van der Waals surface area contributed by atoms with Gasteiger partial charge < -0.3 is 29.4 Å². The van der Waals surface area contributed by atoms with Crippen LogP contribution in [0.5, 0.6) is 17.2 Å². The summed E-state index contributed by atoms with van der Waals surface area (Å²) in [5.74, 6) is 1.48. The van der Waals surface area contributed by atoms with Gasteiger partial charge in [0.25, 0.3) is 0 Å². The van der Waals surface area contributed by atoms with E-state index in [0.717, 1.165) is 27.8 Å². The highest BCUT2D eigenvalue weighted by atomic mass is 16.5. The third-order valence-corrected chi connectivity index (χ3v) is 4.57. The Hall–Kier alpha value is -3.35. The molecule has 28 heavy (non-hydrogen) atoms. The number of rotatable bonds is 7. The largest absolute Gasteiger partial charge is 0.493 e. The summed E-state index contributed by atoms with van der Waals surface area (Å²) in [5, 5.41) is 3.74. The van der Waals surface area contributed by atoms with Crippen molar-refractivity contribution in [2.45, 2.75) is 6.42 Å². The Bertz CT molecular complexity index is 977. The second-order valence-corrected chi connectivity index (χ2v) is 6.55. The maximum Gasteiger partial charge on any atom is 0.228 e. The smallest absolute Gasteiger partial charge is 0.228 e. The summed E-state index contributed by atoms with van der Waals surface area (Å²) < 4.78 is 16.4. The van der Waals surface area contributed by atoms with Crippen LogP contribution in [0.4, 0.5) is 11.4 Å². The summed E-state index contributed by atoms with van der Waals surface area (Å²) in [4.78, 5) is 17.8. The van der Waals surface area contributed by atoms with Crippen LogP contribution < -0.4 is 24.4 Å². The van der Waals surface area contributed by atoms with E-state index in [0.29, 0.717) is 17.2 Å². The van der Waals surface area contributed by atoms with Crippen molar-refractivity contribution >= 4 is 28.2 Å². The fourth-order valence-corrected chi connectivity index (χ4v) is 3.19. The van der Waals surface area contributed by atoms with E-state index in [1.165, 1.54) is 0 Å². The Balaban J connectivity index is 1.86. The molecular weight excluding hydrogens is 358 g/mol. The fourth-order valence-electron chi connectivity index (χ4n) is 3.19. The number of nitrogens with one attached hydrogen (secondary N) is 2. The van der Waals surface area contributed by atoms with Crippen LogP contribution in [0.3, 0.4) is 0 Å². The SMILES string of the molecule is COc1cc2[nH]cc(CC(=O)Nc3ccc(N(C)C)cc3)c2c(OC)c1OC. The van der Waals surface area contributed by atoms with Crippen molar-refractivity contribution in [2.24, 2.45) is 0 Å². The molecule has 0 saturated heterocycles. The number of H-pyrrole nitrogens is 1. The number of anilines is 2. The highest BCUT2D eigenvalue weighted by Gasteiger charge is 2.20. The van der Waals surface area contributed by atoms with Crippen molar-refractivity contribution in [3.05, 3.63) is 42.1 Å². The number of carbonyl (C=O) groups excluding carboxylic acids is 1. The number of nitrogens with zero attached hydrogens (tertiary/aromatic N) is 1. The number of fused-ring (bicyclic) bond motifs is 1. The minimum atomic E-state index is -0.115. The van der Waals surface area contributed by atoms with Gasteiger partial charge in [-0.05, 0) is 29.8 Å². The molecule has 0 atom stereocenters. The zero-order chi connectivity index (χ0) is 20.3. The van der Waals surface area contributed by atoms with Crippen LogP contribution >= 0.6 is 0 Å². The molecule has 0 aliphatic heterocycles. The second kappa shape index (κ2) is 8.12. The maximum atomic E-state index is 12.6. The van der Waals surface area contributed by atoms with Crippen molar-refractivity contribution in [2.75, 3.05) is 45.6 Å². The number of hydrogen-bond donors (Lipinski definition) is 2. The monoisotopic (exact) mass is 383 g/mol. The third-order valence-electron chi connectivity index (χ3n) is 4.57. The van der Waals surface area contributed by atoms with Crippen LogP contribution in [0.15, 0.2) is 36.5 Å². The molecule has 0 bridgehead atoms. The van der Waals surface area contributed by atoms with Crippen LogP contribution in [0, 0.1) is 0 Å². The van der Waals surface area contributed by atoms with Gasteiger partial charge in [-0.2, -0.15) is 0 Å². The average Bonchev–Trinajstić information content (AvgIpc) is 3.08. The molecule has 2 N–H and O–H groups in total. The lowest BCUT2D eigenvalue weighted by molar-refractivity contribution is -0.115. The van der Waals surface area contributed by atoms with Gasteiger partial charge in [0.05, 0.1) is 33.3 Å². The van der Waals surface area contributed by atoms with Gasteiger partial charge in [-0.25, -0.2) is 0 Å². The summed E-state index contributed by atoms with van der Waals surface area (Å²) in [7, 11) is 8.65. The minimum Gasteiger partial charge on any atom is -0.493 e. The Kier molecular flexibility index (Phi) is 5.63. The molecule has 7 heteroatoms. The number of aromatic nitrogens is 1. The number of hydrogen-bond acceptors (Lipinski definition) is 5. The van der Waals surface area contributed by atoms with Crippen LogP contribution in [-0.2, 0) is 11.2 Å². The maximum absolute atomic E-state index is 12.6. The van der Waals surface area contributed by atoms with Crippen molar-refractivity contribution < 1.29 is 19.0 Å². The highest BCUT2D eigenvalue weighted by molar-refractivity contribution is 5.99. The van der Waals surface area contributed by atoms with Crippen molar-refractivity contribution in [1.82, 2.24) is 4.98 Å². The zero-order valence-electron chi connectivity index (χ0n) is 16.8. The van der Waals surface area contributed by atoms with Gasteiger partial charge in [0.2, 0.25) is 11.7 Å². The Morgan fingerprint density at radius 3 is 2.29 bits per heavy atom. The van der Waals surface area contributed by atoms with E-state index in [1.807, 2.05) is 49.3 Å². The molecule has 3 rings (SSSR count). The molecule has 2 aromatic carbocycles. The molecular formula is C21H25N3O4. The standard InChI is InChI=1S/C21H25N3O4/c1-24(2)15-8-6-14(7-9-15)23-18(25)10-13-12-22-16-11-17(26-3)20(27-4)21(28-5)19(13)16/h6-9,11-12,22H,10H2,1-5H3,(H,23,25). The summed E-state index contributed by atoms with van der Waals surface area (Å²) in [6.45, 7) is 0. The molecule has 0 fully saturated rings. The Labute approximate surface area is 164 Å². The Morgan fingerprint density at radius 2 is 1.71 bits per heavy atom. The van der Waals surface area contributed by atoms with Crippen LogP contribution in [-0.4, -0.2) is 46.3 Å². The van der Waals surface area contributed by atoms with Gasteiger partial charge in [-0.1, -0.05) is 0 Å². The lowest BCUT2D eigenvalue weighted by Gasteiger charge is -2.14. The zero-order valence-corrected chi connectivity index (χ0v) is 16.8. The summed E-state index contributed by atoms with van der Waals surface area (Å²) in [5.41, 5.74) is 3.45. The van der Waals surface area contributed by atoms with E-state index in [9.17, 15) is 4.79 Å². The van der Waals surface area contributed by atoms with Crippen molar-refractivity contribution in [3.8, 4) is 17.2 Å². The second-order valence-electron chi connectivity index (χ2n) is 6.55. The lowest BCUT2D eigenvalue weighted by atomic mass is 10.1. The molecule has 0 unspecified atom stereocenters. The number of benzene rings is 2. The predicted octanol–water partition coefficient (Wildman–Crippen LogP) is 3.44. The Morgan fingerprint density at radius 1 is 1.04 bits per heavy atom. The van der Waals surface area contributed by atoms with Crippen LogP contribution in [0.2, 0.25) is 0 Å².